The van der Waals surface area contributed by atoms with Gasteiger partial charge in [0, 0.05) is 29.8 Å². The molecule has 0 aromatic heterocycles. The molecule has 1 rings (SSSR count). The summed E-state index contributed by atoms with van der Waals surface area (Å²) in [6, 6.07) is 5.87. The summed E-state index contributed by atoms with van der Waals surface area (Å²) in [7, 11) is 0. The summed E-state index contributed by atoms with van der Waals surface area (Å²) in [6.07, 6.45) is 0.405. The van der Waals surface area contributed by atoms with E-state index in [9.17, 15) is 4.79 Å². The minimum atomic E-state index is -0.203. The Morgan fingerprint density at radius 2 is 2.00 bits per heavy atom. The SMILES string of the molecule is Cc1ccc(NCCC(=O)NC(C)(C)C)c(C(N)=S)c1. The average molecular weight is 293 g/mol. The molecule has 5 heteroatoms. The number of anilines is 1. The highest BCUT2D eigenvalue weighted by Gasteiger charge is 2.13. The van der Waals surface area contributed by atoms with Gasteiger partial charge in [-0.25, -0.2) is 0 Å². The van der Waals surface area contributed by atoms with E-state index in [4.69, 9.17) is 18.0 Å². The number of carbonyl (C=O) groups excluding carboxylic acids is 1. The normalized spacial score (nSPS) is 11.0. The topological polar surface area (TPSA) is 67.2 Å². The molecular weight excluding hydrogens is 270 g/mol. The van der Waals surface area contributed by atoms with E-state index < -0.39 is 0 Å². The zero-order chi connectivity index (χ0) is 15.3. The van der Waals surface area contributed by atoms with Crippen LogP contribution in [-0.2, 0) is 4.79 Å². The van der Waals surface area contributed by atoms with E-state index in [0.29, 0.717) is 18.0 Å². The van der Waals surface area contributed by atoms with Crippen LogP contribution in [0.1, 0.15) is 38.3 Å². The largest absolute Gasteiger partial charge is 0.389 e. The molecular formula is C15H23N3OS. The van der Waals surface area contributed by atoms with Crippen LogP contribution in [0.2, 0.25) is 0 Å². The van der Waals surface area contributed by atoms with Gasteiger partial charge in [0.25, 0.3) is 0 Å². The van der Waals surface area contributed by atoms with Gasteiger partial charge in [-0.15, -0.1) is 0 Å². The van der Waals surface area contributed by atoms with Crippen molar-refractivity contribution in [2.75, 3.05) is 11.9 Å². The van der Waals surface area contributed by atoms with Gasteiger partial charge in [0.1, 0.15) is 4.99 Å². The number of hydrogen-bond acceptors (Lipinski definition) is 3. The Labute approximate surface area is 126 Å². The predicted molar refractivity (Wildman–Crippen MR) is 88.1 cm³/mol. The molecule has 20 heavy (non-hydrogen) atoms. The first kappa shape index (κ1) is 16.4. The number of hydrogen-bond donors (Lipinski definition) is 3. The molecule has 0 fully saturated rings. The van der Waals surface area contributed by atoms with Gasteiger partial charge in [-0.1, -0.05) is 23.8 Å². The third kappa shape index (κ3) is 5.57. The minimum absolute atomic E-state index is 0.0222. The Morgan fingerprint density at radius 1 is 1.35 bits per heavy atom. The molecule has 0 heterocycles. The maximum absolute atomic E-state index is 11.7. The van der Waals surface area contributed by atoms with Crippen molar-refractivity contribution < 1.29 is 4.79 Å². The minimum Gasteiger partial charge on any atom is -0.389 e. The van der Waals surface area contributed by atoms with Crippen LogP contribution in [-0.4, -0.2) is 23.0 Å². The monoisotopic (exact) mass is 293 g/mol. The van der Waals surface area contributed by atoms with Crippen molar-refractivity contribution in [3.05, 3.63) is 29.3 Å². The Hall–Kier alpha value is -1.62. The van der Waals surface area contributed by atoms with Gasteiger partial charge in [0.2, 0.25) is 5.91 Å². The van der Waals surface area contributed by atoms with Gasteiger partial charge in [0.05, 0.1) is 0 Å². The number of amides is 1. The second-order valence-corrected chi connectivity index (χ2v) is 6.33. The molecule has 4 N–H and O–H groups in total. The first-order valence-corrected chi connectivity index (χ1v) is 7.05. The van der Waals surface area contributed by atoms with Crippen LogP contribution < -0.4 is 16.4 Å². The fourth-order valence-electron chi connectivity index (χ4n) is 1.81. The van der Waals surface area contributed by atoms with Crippen molar-refractivity contribution >= 4 is 28.8 Å². The third-order valence-corrected chi connectivity index (χ3v) is 2.84. The Bertz CT molecular complexity index is 506. The van der Waals surface area contributed by atoms with E-state index in [1.165, 1.54) is 0 Å². The Balaban J connectivity index is 2.58. The van der Waals surface area contributed by atoms with Crippen LogP contribution in [0.5, 0.6) is 0 Å². The van der Waals surface area contributed by atoms with E-state index >= 15 is 0 Å². The number of nitrogens with two attached hydrogens (primary N) is 1. The summed E-state index contributed by atoms with van der Waals surface area (Å²) < 4.78 is 0. The lowest BCUT2D eigenvalue weighted by molar-refractivity contribution is -0.122. The summed E-state index contributed by atoms with van der Waals surface area (Å²) in [5.41, 5.74) is 8.29. The molecule has 0 aliphatic heterocycles. The molecule has 0 unspecified atom stereocenters. The van der Waals surface area contributed by atoms with E-state index in [1.807, 2.05) is 45.9 Å². The first-order valence-electron chi connectivity index (χ1n) is 6.64. The van der Waals surface area contributed by atoms with Crippen molar-refractivity contribution in [3.63, 3.8) is 0 Å². The van der Waals surface area contributed by atoms with Crippen LogP contribution in [0, 0.1) is 6.92 Å². The first-order chi connectivity index (χ1) is 9.19. The van der Waals surface area contributed by atoms with E-state index in [-0.39, 0.29) is 11.4 Å². The van der Waals surface area contributed by atoms with Crippen molar-refractivity contribution in [2.45, 2.75) is 39.7 Å². The molecule has 0 radical (unpaired) electrons. The maximum atomic E-state index is 11.7. The second kappa shape index (κ2) is 6.70. The van der Waals surface area contributed by atoms with Crippen LogP contribution >= 0.6 is 12.2 Å². The number of carbonyl (C=O) groups is 1. The number of nitrogens with one attached hydrogen (secondary N) is 2. The molecule has 0 bridgehead atoms. The highest BCUT2D eigenvalue weighted by molar-refractivity contribution is 7.80. The molecule has 0 aliphatic carbocycles. The molecule has 1 amide bonds. The second-order valence-electron chi connectivity index (χ2n) is 5.89. The zero-order valence-electron chi connectivity index (χ0n) is 12.5. The van der Waals surface area contributed by atoms with Gasteiger partial charge < -0.3 is 16.4 Å². The molecule has 1 aromatic carbocycles. The van der Waals surface area contributed by atoms with Crippen LogP contribution in [0.25, 0.3) is 0 Å². The zero-order valence-corrected chi connectivity index (χ0v) is 13.4. The molecule has 0 atom stereocenters. The van der Waals surface area contributed by atoms with Crippen LogP contribution in [0.15, 0.2) is 18.2 Å². The van der Waals surface area contributed by atoms with E-state index in [1.54, 1.807) is 0 Å². The standard InChI is InChI=1S/C15H23N3OS/c1-10-5-6-12(11(9-10)14(16)20)17-8-7-13(19)18-15(2,3)4/h5-6,9,17H,7-8H2,1-4H3,(H2,16,20)(H,18,19). The molecule has 1 aromatic rings. The Morgan fingerprint density at radius 3 is 2.55 bits per heavy atom. The fourth-order valence-corrected chi connectivity index (χ4v) is 1.98. The molecule has 0 spiro atoms. The lowest BCUT2D eigenvalue weighted by atomic mass is 10.1. The van der Waals surface area contributed by atoms with E-state index in [2.05, 4.69) is 10.6 Å². The smallest absolute Gasteiger partial charge is 0.222 e. The summed E-state index contributed by atoms with van der Waals surface area (Å²) in [5, 5.41) is 6.13. The fraction of sp³-hybridized carbons (Fsp3) is 0.467. The van der Waals surface area contributed by atoms with Crippen molar-refractivity contribution in [1.29, 1.82) is 0 Å². The highest BCUT2D eigenvalue weighted by Crippen LogP contribution is 2.17. The number of aryl methyl sites for hydroxylation is 1. The lowest BCUT2D eigenvalue weighted by Crippen LogP contribution is -2.41. The quantitative estimate of drug-likeness (QED) is 0.729. The van der Waals surface area contributed by atoms with E-state index in [0.717, 1.165) is 16.8 Å². The van der Waals surface area contributed by atoms with Gasteiger partial charge >= 0.3 is 0 Å². The van der Waals surface area contributed by atoms with Crippen LogP contribution in [0.3, 0.4) is 0 Å². The third-order valence-electron chi connectivity index (χ3n) is 2.62. The van der Waals surface area contributed by atoms with Gasteiger partial charge in [-0.3, -0.25) is 4.79 Å². The number of benzene rings is 1. The molecule has 4 nitrogen and oxygen atoms in total. The average Bonchev–Trinajstić information content (AvgIpc) is 2.28. The van der Waals surface area contributed by atoms with Crippen molar-refractivity contribution in [1.82, 2.24) is 5.32 Å². The van der Waals surface area contributed by atoms with Gasteiger partial charge in [0.15, 0.2) is 0 Å². The number of thiocarbonyl (C=S) groups is 1. The summed E-state index contributed by atoms with van der Waals surface area (Å²) in [4.78, 5) is 12.1. The molecule has 0 saturated heterocycles. The molecule has 0 saturated carbocycles. The van der Waals surface area contributed by atoms with Gasteiger partial charge in [-0.05, 0) is 39.8 Å². The highest BCUT2D eigenvalue weighted by atomic mass is 32.1. The molecule has 0 aliphatic rings. The Kier molecular flexibility index (Phi) is 5.51. The predicted octanol–water partition coefficient (Wildman–Crippen LogP) is 2.35. The number of rotatable bonds is 5. The lowest BCUT2D eigenvalue weighted by Gasteiger charge is -2.20. The summed E-state index contributed by atoms with van der Waals surface area (Å²) in [5.74, 6) is 0.0222. The molecule has 110 valence electrons. The van der Waals surface area contributed by atoms with Crippen molar-refractivity contribution in [2.24, 2.45) is 5.73 Å². The summed E-state index contributed by atoms with van der Waals surface area (Å²) in [6.45, 7) is 8.42. The van der Waals surface area contributed by atoms with Crippen molar-refractivity contribution in [3.8, 4) is 0 Å². The van der Waals surface area contributed by atoms with Gasteiger partial charge in [-0.2, -0.15) is 0 Å². The van der Waals surface area contributed by atoms with Crippen LogP contribution in [0.4, 0.5) is 5.69 Å². The summed E-state index contributed by atoms with van der Waals surface area (Å²) >= 11 is 5.04. The maximum Gasteiger partial charge on any atom is 0.222 e.